The third-order valence-electron chi connectivity index (χ3n) is 3.88. The first-order valence-electron chi connectivity index (χ1n) is 6.15. The van der Waals surface area contributed by atoms with Crippen LogP contribution < -0.4 is 5.32 Å². The van der Waals surface area contributed by atoms with Gasteiger partial charge in [-0.1, -0.05) is 19.8 Å². The fraction of sp³-hybridized carbons (Fsp3) is 0.917. The fourth-order valence-corrected chi connectivity index (χ4v) is 2.87. The molecule has 3 heteroatoms. The molecule has 2 rings (SSSR count). The predicted molar refractivity (Wildman–Crippen MR) is 60.6 cm³/mol. The second-order valence-corrected chi connectivity index (χ2v) is 5.37. The first-order chi connectivity index (χ1) is 7.12. The highest BCUT2D eigenvalue weighted by Crippen LogP contribution is 2.39. The normalized spacial score (nSPS) is 30.5. The summed E-state index contributed by atoms with van der Waals surface area (Å²) in [6, 6.07) is 0.452. The van der Waals surface area contributed by atoms with E-state index in [1.807, 2.05) is 0 Å². The molecule has 1 aliphatic carbocycles. The van der Waals surface area contributed by atoms with Crippen molar-refractivity contribution in [1.29, 1.82) is 0 Å². The van der Waals surface area contributed by atoms with Gasteiger partial charge in [-0.2, -0.15) is 0 Å². The zero-order chi connectivity index (χ0) is 10.9. The Morgan fingerprint density at radius 3 is 2.67 bits per heavy atom. The molecule has 2 fully saturated rings. The molecule has 0 aromatic carbocycles. The Morgan fingerprint density at radius 1 is 1.40 bits per heavy atom. The van der Waals surface area contributed by atoms with Crippen molar-refractivity contribution in [3.8, 4) is 0 Å². The van der Waals surface area contributed by atoms with Gasteiger partial charge in [0.05, 0.1) is 0 Å². The van der Waals surface area contributed by atoms with E-state index in [9.17, 15) is 4.79 Å². The lowest BCUT2D eigenvalue weighted by Crippen LogP contribution is -2.54. The van der Waals surface area contributed by atoms with Crippen LogP contribution in [0, 0.1) is 5.41 Å². The van der Waals surface area contributed by atoms with Gasteiger partial charge in [0.15, 0.2) is 0 Å². The molecule has 1 saturated heterocycles. The maximum atomic E-state index is 12.4. The van der Waals surface area contributed by atoms with Crippen molar-refractivity contribution in [2.24, 2.45) is 5.41 Å². The van der Waals surface area contributed by atoms with Gasteiger partial charge in [-0.15, -0.1) is 0 Å². The average molecular weight is 210 g/mol. The van der Waals surface area contributed by atoms with Crippen LogP contribution in [-0.2, 0) is 4.79 Å². The van der Waals surface area contributed by atoms with E-state index in [4.69, 9.17) is 0 Å². The lowest BCUT2D eigenvalue weighted by molar-refractivity contribution is -0.142. The topological polar surface area (TPSA) is 32.3 Å². The molecule has 1 N–H and O–H groups in total. The van der Waals surface area contributed by atoms with Gasteiger partial charge < -0.3 is 10.2 Å². The Balaban J connectivity index is 2.00. The minimum Gasteiger partial charge on any atom is -0.339 e. The van der Waals surface area contributed by atoms with E-state index in [0.29, 0.717) is 11.9 Å². The molecule has 0 aromatic rings. The van der Waals surface area contributed by atoms with Crippen LogP contribution >= 0.6 is 0 Å². The number of nitrogens with one attached hydrogen (secondary N) is 1. The molecule has 0 bridgehead atoms. The van der Waals surface area contributed by atoms with E-state index in [1.54, 1.807) is 0 Å². The fourth-order valence-electron chi connectivity index (χ4n) is 2.87. The largest absolute Gasteiger partial charge is 0.339 e. The molecule has 0 spiro atoms. The number of piperazine rings is 1. The summed E-state index contributed by atoms with van der Waals surface area (Å²) >= 11 is 0. The Bertz CT molecular complexity index is 246. The van der Waals surface area contributed by atoms with Gasteiger partial charge in [-0.05, 0) is 19.8 Å². The van der Waals surface area contributed by atoms with Crippen molar-refractivity contribution in [1.82, 2.24) is 10.2 Å². The highest BCUT2D eigenvalue weighted by atomic mass is 16.2. The SMILES string of the molecule is C[C@@H]1CN(C(=O)C2(C)CCCC2)CCN1. The average Bonchev–Trinajstić information content (AvgIpc) is 2.65. The number of hydrogen-bond acceptors (Lipinski definition) is 2. The van der Waals surface area contributed by atoms with Crippen molar-refractivity contribution < 1.29 is 4.79 Å². The highest BCUT2D eigenvalue weighted by Gasteiger charge is 2.39. The number of carbonyl (C=O) groups is 1. The van der Waals surface area contributed by atoms with E-state index < -0.39 is 0 Å². The third kappa shape index (κ3) is 2.17. The highest BCUT2D eigenvalue weighted by molar-refractivity contribution is 5.82. The van der Waals surface area contributed by atoms with Gasteiger partial charge in [0, 0.05) is 31.1 Å². The lowest BCUT2D eigenvalue weighted by Gasteiger charge is -2.37. The summed E-state index contributed by atoms with van der Waals surface area (Å²) in [5.41, 5.74) is -0.0446. The molecule has 86 valence electrons. The van der Waals surface area contributed by atoms with Gasteiger partial charge >= 0.3 is 0 Å². The van der Waals surface area contributed by atoms with E-state index >= 15 is 0 Å². The maximum Gasteiger partial charge on any atom is 0.228 e. The standard InChI is InChI=1S/C12H22N2O/c1-10-9-14(8-7-13-10)11(15)12(2)5-3-4-6-12/h10,13H,3-9H2,1-2H3/t10-/m1/s1. The lowest BCUT2D eigenvalue weighted by atomic mass is 9.87. The quantitative estimate of drug-likeness (QED) is 0.709. The number of nitrogens with zero attached hydrogens (tertiary/aromatic N) is 1. The second-order valence-electron chi connectivity index (χ2n) is 5.37. The van der Waals surface area contributed by atoms with Crippen molar-refractivity contribution >= 4 is 5.91 Å². The van der Waals surface area contributed by atoms with Gasteiger partial charge in [-0.3, -0.25) is 4.79 Å². The molecule has 2 aliphatic rings. The van der Waals surface area contributed by atoms with Gasteiger partial charge in [0.1, 0.15) is 0 Å². The summed E-state index contributed by atoms with van der Waals surface area (Å²) in [6.07, 6.45) is 4.63. The van der Waals surface area contributed by atoms with E-state index in [-0.39, 0.29) is 5.41 Å². The molecular weight excluding hydrogens is 188 g/mol. The van der Waals surface area contributed by atoms with Crippen molar-refractivity contribution in [3.05, 3.63) is 0 Å². The summed E-state index contributed by atoms with van der Waals surface area (Å²) in [5, 5.41) is 3.38. The molecule has 1 amide bonds. The smallest absolute Gasteiger partial charge is 0.228 e. The number of amides is 1. The van der Waals surface area contributed by atoms with Crippen molar-refractivity contribution in [3.63, 3.8) is 0 Å². The molecule has 3 nitrogen and oxygen atoms in total. The minimum absolute atomic E-state index is 0.0446. The maximum absolute atomic E-state index is 12.4. The minimum atomic E-state index is -0.0446. The van der Waals surface area contributed by atoms with Crippen LogP contribution in [0.2, 0.25) is 0 Å². The first kappa shape index (κ1) is 10.9. The van der Waals surface area contributed by atoms with E-state index in [0.717, 1.165) is 32.5 Å². The molecular formula is C12H22N2O. The Kier molecular flexibility index (Phi) is 3.01. The molecule has 15 heavy (non-hydrogen) atoms. The zero-order valence-corrected chi connectivity index (χ0v) is 9.88. The second kappa shape index (κ2) is 4.12. The van der Waals surface area contributed by atoms with Crippen LogP contribution in [0.25, 0.3) is 0 Å². The first-order valence-corrected chi connectivity index (χ1v) is 6.15. The molecule has 0 radical (unpaired) electrons. The molecule has 1 aliphatic heterocycles. The molecule has 1 heterocycles. The zero-order valence-electron chi connectivity index (χ0n) is 9.88. The van der Waals surface area contributed by atoms with Crippen LogP contribution in [0.15, 0.2) is 0 Å². The molecule has 0 unspecified atom stereocenters. The molecule has 0 aromatic heterocycles. The number of carbonyl (C=O) groups excluding carboxylic acids is 1. The molecule has 1 saturated carbocycles. The Labute approximate surface area is 92.2 Å². The summed E-state index contributed by atoms with van der Waals surface area (Å²) in [6.45, 7) is 7.02. The summed E-state index contributed by atoms with van der Waals surface area (Å²) in [5.74, 6) is 0.397. The Hall–Kier alpha value is -0.570. The van der Waals surface area contributed by atoms with Crippen LogP contribution in [0.5, 0.6) is 0 Å². The number of rotatable bonds is 1. The van der Waals surface area contributed by atoms with E-state index in [1.165, 1.54) is 12.8 Å². The Morgan fingerprint density at radius 2 is 2.07 bits per heavy atom. The van der Waals surface area contributed by atoms with Crippen molar-refractivity contribution in [2.45, 2.75) is 45.6 Å². The predicted octanol–water partition coefficient (Wildman–Crippen LogP) is 1.39. The summed E-state index contributed by atoms with van der Waals surface area (Å²) in [7, 11) is 0. The molecule has 1 atom stereocenters. The summed E-state index contributed by atoms with van der Waals surface area (Å²) in [4.78, 5) is 14.4. The monoisotopic (exact) mass is 210 g/mol. The van der Waals surface area contributed by atoms with Gasteiger partial charge in [0.25, 0.3) is 0 Å². The van der Waals surface area contributed by atoms with Crippen molar-refractivity contribution in [2.75, 3.05) is 19.6 Å². The summed E-state index contributed by atoms with van der Waals surface area (Å²) < 4.78 is 0. The van der Waals surface area contributed by atoms with Crippen LogP contribution in [0.4, 0.5) is 0 Å². The van der Waals surface area contributed by atoms with E-state index in [2.05, 4.69) is 24.1 Å². The van der Waals surface area contributed by atoms with Crippen LogP contribution in [0.1, 0.15) is 39.5 Å². The number of hydrogen-bond donors (Lipinski definition) is 1. The van der Waals surface area contributed by atoms with Crippen LogP contribution in [-0.4, -0.2) is 36.5 Å². The third-order valence-corrected chi connectivity index (χ3v) is 3.88. The van der Waals surface area contributed by atoms with Gasteiger partial charge in [0.2, 0.25) is 5.91 Å². The van der Waals surface area contributed by atoms with Gasteiger partial charge in [-0.25, -0.2) is 0 Å². The van der Waals surface area contributed by atoms with Crippen LogP contribution in [0.3, 0.4) is 0 Å².